The van der Waals surface area contributed by atoms with Crippen molar-refractivity contribution in [3.05, 3.63) is 70.8 Å². The Balaban J connectivity index is 1.56. The van der Waals surface area contributed by atoms with Crippen LogP contribution in [0.2, 0.25) is 0 Å². The van der Waals surface area contributed by atoms with Crippen LogP contribution in [0.1, 0.15) is 11.1 Å². The Morgan fingerprint density at radius 2 is 1.96 bits per heavy atom. The van der Waals surface area contributed by atoms with E-state index in [2.05, 4.69) is 35.1 Å². The number of thiocarbonyl (C=S) groups is 1. The van der Waals surface area contributed by atoms with Crippen molar-refractivity contribution in [2.75, 3.05) is 6.61 Å². The lowest BCUT2D eigenvalue weighted by Crippen LogP contribution is -2.17. The fraction of sp³-hybridized carbons (Fsp3) is 0.143. The molecule has 0 unspecified atom stereocenters. The number of ether oxygens (including phenoxy) is 1. The van der Waals surface area contributed by atoms with Gasteiger partial charge < -0.3 is 14.6 Å². The second kappa shape index (κ2) is 7.58. The lowest BCUT2D eigenvalue weighted by atomic mass is 10.1. The minimum absolute atomic E-state index is 0.135. The van der Waals surface area contributed by atoms with E-state index in [1.807, 2.05) is 42.5 Å². The fourth-order valence-electron chi connectivity index (χ4n) is 3.03. The van der Waals surface area contributed by atoms with Crippen molar-refractivity contribution in [3.63, 3.8) is 0 Å². The third kappa shape index (κ3) is 3.91. The largest absolute Gasteiger partial charge is 0.492 e. The van der Waals surface area contributed by atoms with E-state index in [0.717, 1.165) is 28.8 Å². The molecule has 1 aliphatic rings. The summed E-state index contributed by atoms with van der Waals surface area (Å²) in [6.07, 6.45) is 3.96. The van der Waals surface area contributed by atoms with Crippen LogP contribution in [0, 0.1) is 6.92 Å². The molecule has 136 valence electrons. The van der Waals surface area contributed by atoms with Crippen molar-refractivity contribution >= 4 is 51.2 Å². The molecule has 0 bridgehead atoms. The number of benzene rings is 2. The molecule has 0 radical (unpaired) electrons. The van der Waals surface area contributed by atoms with Crippen molar-refractivity contribution in [1.82, 2.24) is 9.88 Å². The molecule has 1 N–H and O–H groups in total. The number of aromatic nitrogens is 1. The highest BCUT2D eigenvalue weighted by molar-refractivity contribution is 8.26. The first kappa shape index (κ1) is 17.8. The molecular formula is C21H18N2O2S2. The summed E-state index contributed by atoms with van der Waals surface area (Å²) in [5.74, 6) is 0.733. The molecule has 0 spiro atoms. The van der Waals surface area contributed by atoms with Crippen LogP contribution in [0.3, 0.4) is 0 Å². The minimum atomic E-state index is -0.135. The Kier molecular flexibility index (Phi) is 5.01. The first-order chi connectivity index (χ1) is 13.1. The maximum absolute atomic E-state index is 12.0. The van der Waals surface area contributed by atoms with E-state index in [0.29, 0.717) is 15.8 Å². The van der Waals surface area contributed by atoms with Crippen molar-refractivity contribution in [1.29, 1.82) is 0 Å². The molecule has 1 saturated heterocycles. The molecule has 1 amide bonds. The summed E-state index contributed by atoms with van der Waals surface area (Å²) in [5.41, 5.74) is 3.33. The number of amides is 1. The van der Waals surface area contributed by atoms with E-state index in [4.69, 9.17) is 17.0 Å². The summed E-state index contributed by atoms with van der Waals surface area (Å²) in [7, 11) is 0. The third-order valence-electron chi connectivity index (χ3n) is 4.37. The van der Waals surface area contributed by atoms with Crippen LogP contribution in [0.4, 0.5) is 0 Å². The van der Waals surface area contributed by atoms with E-state index >= 15 is 0 Å². The molecular weight excluding hydrogens is 376 g/mol. The van der Waals surface area contributed by atoms with Crippen LogP contribution >= 0.6 is 24.0 Å². The highest BCUT2D eigenvalue weighted by atomic mass is 32.2. The third-order valence-corrected chi connectivity index (χ3v) is 5.53. The van der Waals surface area contributed by atoms with Crippen molar-refractivity contribution < 1.29 is 9.53 Å². The summed E-state index contributed by atoms with van der Waals surface area (Å²) in [6, 6.07) is 16.2. The first-order valence-electron chi connectivity index (χ1n) is 8.62. The number of fused-ring (bicyclic) bond motifs is 1. The van der Waals surface area contributed by atoms with E-state index in [1.54, 1.807) is 0 Å². The summed E-state index contributed by atoms with van der Waals surface area (Å²) in [5, 5.41) is 3.76. The van der Waals surface area contributed by atoms with Gasteiger partial charge in [0, 0.05) is 22.7 Å². The second-order valence-electron chi connectivity index (χ2n) is 6.31. The van der Waals surface area contributed by atoms with E-state index in [1.165, 1.54) is 17.3 Å². The van der Waals surface area contributed by atoms with E-state index < -0.39 is 0 Å². The van der Waals surface area contributed by atoms with Crippen LogP contribution in [-0.2, 0) is 11.3 Å². The van der Waals surface area contributed by atoms with Gasteiger partial charge in [-0.3, -0.25) is 4.79 Å². The average molecular weight is 395 g/mol. The number of carbonyl (C=O) groups excluding carboxylic acids is 1. The molecule has 0 aliphatic carbocycles. The zero-order chi connectivity index (χ0) is 18.8. The average Bonchev–Trinajstić information content (AvgIpc) is 3.17. The van der Waals surface area contributed by atoms with Crippen LogP contribution in [0.25, 0.3) is 17.0 Å². The maximum atomic E-state index is 12.0. The number of aryl methyl sites for hydroxylation is 1. The number of thioether (sulfide) groups is 1. The van der Waals surface area contributed by atoms with Crippen molar-refractivity contribution in [3.8, 4) is 5.75 Å². The van der Waals surface area contributed by atoms with Gasteiger partial charge >= 0.3 is 0 Å². The Morgan fingerprint density at radius 3 is 2.70 bits per heavy atom. The number of hydrogen-bond acceptors (Lipinski definition) is 4. The zero-order valence-corrected chi connectivity index (χ0v) is 16.4. The van der Waals surface area contributed by atoms with E-state index in [9.17, 15) is 4.79 Å². The van der Waals surface area contributed by atoms with Gasteiger partial charge in [-0.15, -0.1) is 0 Å². The Labute approximate surface area is 167 Å². The molecule has 0 saturated carbocycles. The number of rotatable bonds is 5. The first-order valence-corrected chi connectivity index (χ1v) is 9.85. The van der Waals surface area contributed by atoms with Crippen LogP contribution in [0.5, 0.6) is 5.75 Å². The molecule has 3 aromatic rings. The molecule has 1 aromatic heterocycles. The smallest absolute Gasteiger partial charge is 0.263 e. The standard InChI is InChI=1S/C21H18N2O2S2/c1-14-6-8-16(9-7-14)25-11-10-23-13-15(17-4-2-3-5-18(17)23)12-19-20(24)22-21(26)27-19/h2-9,12-13H,10-11H2,1H3,(H,22,24,26)/b19-12-. The van der Waals surface area contributed by atoms with Crippen molar-refractivity contribution in [2.45, 2.75) is 13.5 Å². The number of carbonyl (C=O) groups is 1. The summed E-state index contributed by atoms with van der Waals surface area (Å²) in [6.45, 7) is 3.34. The van der Waals surface area contributed by atoms with Gasteiger partial charge in [0.05, 0.1) is 11.4 Å². The molecule has 2 heterocycles. The van der Waals surface area contributed by atoms with Gasteiger partial charge in [-0.05, 0) is 31.2 Å². The van der Waals surface area contributed by atoms with Crippen LogP contribution < -0.4 is 10.1 Å². The highest BCUT2D eigenvalue weighted by Gasteiger charge is 2.22. The molecule has 1 fully saturated rings. The summed E-state index contributed by atoms with van der Waals surface area (Å²) in [4.78, 5) is 12.6. The predicted octanol–water partition coefficient (Wildman–Crippen LogP) is 4.52. The number of nitrogens with zero attached hydrogens (tertiary/aromatic N) is 1. The molecule has 0 atom stereocenters. The normalized spacial score (nSPS) is 15.5. The van der Waals surface area contributed by atoms with Gasteiger partial charge in [0.25, 0.3) is 5.91 Å². The molecule has 6 heteroatoms. The predicted molar refractivity (Wildman–Crippen MR) is 115 cm³/mol. The second-order valence-corrected chi connectivity index (χ2v) is 8.03. The Hall–Kier alpha value is -2.57. The highest BCUT2D eigenvalue weighted by Crippen LogP contribution is 2.29. The number of nitrogens with one attached hydrogen (secondary N) is 1. The SMILES string of the molecule is Cc1ccc(OCCn2cc(/C=C3\SC(=S)NC3=O)c3ccccc32)cc1. The Morgan fingerprint density at radius 1 is 1.19 bits per heavy atom. The number of para-hydroxylation sites is 1. The maximum Gasteiger partial charge on any atom is 0.263 e. The molecule has 4 nitrogen and oxygen atoms in total. The molecule has 2 aromatic carbocycles. The summed E-state index contributed by atoms with van der Waals surface area (Å²) < 4.78 is 8.53. The Bertz CT molecular complexity index is 1050. The van der Waals surface area contributed by atoms with Gasteiger partial charge in [-0.2, -0.15) is 0 Å². The fourth-order valence-corrected chi connectivity index (χ4v) is 4.07. The van der Waals surface area contributed by atoms with Gasteiger partial charge in [0.2, 0.25) is 0 Å². The summed E-state index contributed by atoms with van der Waals surface area (Å²) >= 11 is 6.37. The van der Waals surface area contributed by atoms with E-state index in [-0.39, 0.29) is 5.91 Å². The monoisotopic (exact) mass is 394 g/mol. The molecule has 1 aliphatic heterocycles. The van der Waals surface area contributed by atoms with Crippen LogP contribution in [-0.4, -0.2) is 21.4 Å². The lowest BCUT2D eigenvalue weighted by molar-refractivity contribution is -0.115. The van der Waals surface area contributed by atoms with Crippen molar-refractivity contribution in [2.24, 2.45) is 0 Å². The zero-order valence-electron chi connectivity index (χ0n) is 14.8. The van der Waals surface area contributed by atoms with Gasteiger partial charge in [0.1, 0.15) is 16.7 Å². The topological polar surface area (TPSA) is 43.3 Å². The molecule has 27 heavy (non-hydrogen) atoms. The molecule has 4 rings (SSSR count). The van der Waals surface area contributed by atoms with Crippen LogP contribution in [0.15, 0.2) is 59.6 Å². The van der Waals surface area contributed by atoms with Gasteiger partial charge in [0.15, 0.2) is 0 Å². The quantitative estimate of drug-likeness (QED) is 0.510. The number of hydrogen-bond donors (Lipinski definition) is 1. The lowest BCUT2D eigenvalue weighted by Gasteiger charge is -2.08. The van der Waals surface area contributed by atoms with Gasteiger partial charge in [-0.25, -0.2) is 0 Å². The van der Waals surface area contributed by atoms with Gasteiger partial charge in [-0.1, -0.05) is 59.9 Å². The minimum Gasteiger partial charge on any atom is -0.492 e.